The molecule has 0 aliphatic carbocycles. The molecule has 0 spiro atoms. The molecule has 0 atom stereocenters. The molecule has 2 N–H and O–H groups in total. The van der Waals surface area contributed by atoms with Gasteiger partial charge in [0.2, 0.25) is 5.91 Å². The highest BCUT2D eigenvalue weighted by molar-refractivity contribution is 7.07. The molecular weight excluding hydrogens is 186 g/mol. The van der Waals surface area contributed by atoms with Crippen molar-refractivity contribution in [2.24, 2.45) is 0 Å². The molecule has 0 saturated heterocycles. The fraction of sp³-hybridized carbons (Fsp3) is 0.500. The summed E-state index contributed by atoms with van der Waals surface area (Å²) in [5.74, 6) is 0.0577. The third kappa shape index (κ3) is 4.00. The lowest BCUT2D eigenvalue weighted by Crippen LogP contribution is -2.26. The van der Waals surface area contributed by atoms with E-state index < -0.39 is 0 Å². The predicted octanol–water partition coefficient (Wildman–Crippen LogP) is 0.369. The largest absolute Gasteiger partial charge is 0.350 e. The lowest BCUT2D eigenvalue weighted by Gasteiger charge is -2.01. The van der Waals surface area contributed by atoms with Gasteiger partial charge in [0.05, 0.1) is 17.7 Å². The molecule has 5 heteroatoms. The minimum absolute atomic E-state index is 0.0577. The summed E-state index contributed by atoms with van der Waals surface area (Å²) in [5, 5.41) is 7.63. The fourth-order valence-corrected chi connectivity index (χ4v) is 1.40. The Kier molecular flexibility index (Phi) is 4.42. The Balaban J connectivity index is 2.15. The molecule has 0 radical (unpaired) electrons. The number of carbonyl (C=O) groups is 1. The number of nitrogens with one attached hydrogen (secondary N) is 2. The van der Waals surface area contributed by atoms with Gasteiger partial charge in [0.1, 0.15) is 0 Å². The van der Waals surface area contributed by atoms with Crippen LogP contribution in [0.25, 0.3) is 0 Å². The van der Waals surface area contributed by atoms with E-state index in [1.165, 1.54) is 11.3 Å². The van der Waals surface area contributed by atoms with Crippen molar-refractivity contribution in [2.45, 2.75) is 13.0 Å². The average molecular weight is 199 g/mol. The van der Waals surface area contributed by atoms with Crippen LogP contribution >= 0.6 is 11.3 Å². The smallest absolute Gasteiger partial charge is 0.221 e. The van der Waals surface area contributed by atoms with E-state index in [0.717, 1.165) is 5.69 Å². The molecular formula is C8H13N3OS. The van der Waals surface area contributed by atoms with Gasteiger partial charge in [-0.2, -0.15) is 0 Å². The van der Waals surface area contributed by atoms with E-state index in [-0.39, 0.29) is 5.91 Å². The minimum Gasteiger partial charge on any atom is -0.350 e. The number of hydrogen-bond donors (Lipinski definition) is 2. The van der Waals surface area contributed by atoms with Crippen molar-refractivity contribution >= 4 is 17.2 Å². The second-order valence-electron chi connectivity index (χ2n) is 2.61. The highest BCUT2D eigenvalue weighted by Gasteiger charge is 2.00. The van der Waals surface area contributed by atoms with Crippen molar-refractivity contribution in [3.63, 3.8) is 0 Å². The van der Waals surface area contributed by atoms with Gasteiger partial charge in [-0.15, -0.1) is 11.3 Å². The second-order valence-corrected chi connectivity index (χ2v) is 3.33. The molecule has 1 rings (SSSR count). The fourth-order valence-electron chi connectivity index (χ4n) is 0.841. The van der Waals surface area contributed by atoms with Gasteiger partial charge in [-0.05, 0) is 7.05 Å². The maximum absolute atomic E-state index is 11.1. The molecule has 4 nitrogen and oxygen atoms in total. The van der Waals surface area contributed by atoms with E-state index in [4.69, 9.17) is 0 Å². The zero-order valence-electron chi connectivity index (χ0n) is 7.54. The molecule has 1 aromatic rings. The zero-order chi connectivity index (χ0) is 9.52. The van der Waals surface area contributed by atoms with Gasteiger partial charge in [-0.3, -0.25) is 4.79 Å². The third-order valence-corrected chi connectivity index (χ3v) is 2.19. The molecule has 0 aliphatic rings. The van der Waals surface area contributed by atoms with Crippen LogP contribution in [0.3, 0.4) is 0 Å². The second kappa shape index (κ2) is 5.66. The molecule has 1 amide bonds. The van der Waals surface area contributed by atoms with Crippen LogP contribution in [0.2, 0.25) is 0 Å². The Morgan fingerprint density at radius 1 is 1.69 bits per heavy atom. The number of thiazole rings is 1. The predicted molar refractivity (Wildman–Crippen MR) is 52.5 cm³/mol. The van der Waals surface area contributed by atoms with E-state index in [9.17, 15) is 4.79 Å². The average Bonchev–Trinajstić information content (AvgIpc) is 2.64. The summed E-state index contributed by atoms with van der Waals surface area (Å²) >= 11 is 1.53. The van der Waals surface area contributed by atoms with Gasteiger partial charge in [0.25, 0.3) is 0 Å². The molecule has 0 saturated carbocycles. The lowest BCUT2D eigenvalue weighted by molar-refractivity contribution is -0.121. The van der Waals surface area contributed by atoms with E-state index in [1.807, 2.05) is 12.4 Å². The molecule has 0 aromatic carbocycles. The Labute approximate surface area is 81.4 Å². The molecule has 0 aliphatic heterocycles. The molecule has 1 heterocycles. The van der Waals surface area contributed by atoms with E-state index in [0.29, 0.717) is 19.5 Å². The van der Waals surface area contributed by atoms with Crippen LogP contribution in [0.5, 0.6) is 0 Å². The summed E-state index contributed by atoms with van der Waals surface area (Å²) in [6.45, 7) is 1.24. The molecule has 72 valence electrons. The number of carbonyl (C=O) groups excluding carboxylic acids is 1. The minimum atomic E-state index is 0.0577. The summed E-state index contributed by atoms with van der Waals surface area (Å²) in [5.41, 5.74) is 2.68. The summed E-state index contributed by atoms with van der Waals surface area (Å²) in [4.78, 5) is 15.2. The van der Waals surface area contributed by atoms with Crippen LogP contribution in [0, 0.1) is 0 Å². The van der Waals surface area contributed by atoms with E-state index >= 15 is 0 Å². The summed E-state index contributed by atoms with van der Waals surface area (Å²) < 4.78 is 0. The van der Waals surface area contributed by atoms with Crippen molar-refractivity contribution in [2.75, 3.05) is 13.6 Å². The summed E-state index contributed by atoms with van der Waals surface area (Å²) in [6, 6.07) is 0. The zero-order valence-corrected chi connectivity index (χ0v) is 8.36. The van der Waals surface area contributed by atoms with Gasteiger partial charge in [-0.25, -0.2) is 4.98 Å². The number of hydrogen-bond acceptors (Lipinski definition) is 4. The monoisotopic (exact) mass is 199 g/mol. The Morgan fingerprint density at radius 3 is 3.15 bits per heavy atom. The number of amides is 1. The van der Waals surface area contributed by atoms with Crippen LogP contribution in [0.15, 0.2) is 10.9 Å². The number of aromatic nitrogens is 1. The highest BCUT2D eigenvalue weighted by Crippen LogP contribution is 1.99. The standard InChI is InChI=1S/C8H13N3OS/c1-9-3-2-8(12)10-4-7-5-13-6-11-7/h5-6,9H,2-4H2,1H3,(H,10,12). The van der Waals surface area contributed by atoms with Crippen LogP contribution in [0.1, 0.15) is 12.1 Å². The lowest BCUT2D eigenvalue weighted by atomic mass is 10.4. The molecule has 1 aromatic heterocycles. The molecule has 0 unspecified atom stereocenters. The van der Waals surface area contributed by atoms with Gasteiger partial charge in [0, 0.05) is 18.3 Å². The molecule has 13 heavy (non-hydrogen) atoms. The van der Waals surface area contributed by atoms with Gasteiger partial charge in [0.15, 0.2) is 0 Å². The van der Waals surface area contributed by atoms with E-state index in [1.54, 1.807) is 5.51 Å². The first-order valence-electron chi connectivity index (χ1n) is 4.11. The van der Waals surface area contributed by atoms with Gasteiger partial charge in [-0.1, -0.05) is 0 Å². The Morgan fingerprint density at radius 2 is 2.54 bits per heavy atom. The Bertz CT molecular complexity index is 248. The quantitative estimate of drug-likeness (QED) is 0.720. The third-order valence-electron chi connectivity index (χ3n) is 1.55. The van der Waals surface area contributed by atoms with Crippen molar-refractivity contribution in [1.29, 1.82) is 0 Å². The SMILES string of the molecule is CNCCC(=O)NCc1cscn1. The molecule has 0 bridgehead atoms. The van der Waals surface area contributed by atoms with Crippen LogP contribution < -0.4 is 10.6 Å². The van der Waals surface area contributed by atoms with Crippen LogP contribution in [-0.2, 0) is 11.3 Å². The number of nitrogens with zero attached hydrogens (tertiary/aromatic N) is 1. The normalized spacial score (nSPS) is 9.92. The maximum atomic E-state index is 11.1. The maximum Gasteiger partial charge on any atom is 0.221 e. The summed E-state index contributed by atoms with van der Waals surface area (Å²) in [6.07, 6.45) is 0.515. The van der Waals surface area contributed by atoms with E-state index in [2.05, 4.69) is 15.6 Å². The molecule has 0 fully saturated rings. The van der Waals surface area contributed by atoms with Crippen LogP contribution in [-0.4, -0.2) is 24.5 Å². The van der Waals surface area contributed by atoms with Crippen molar-refractivity contribution in [3.05, 3.63) is 16.6 Å². The topological polar surface area (TPSA) is 54.0 Å². The number of rotatable bonds is 5. The van der Waals surface area contributed by atoms with Crippen molar-refractivity contribution < 1.29 is 4.79 Å². The first-order chi connectivity index (χ1) is 6.33. The van der Waals surface area contributed by atoms with Crippen molar-refractivity contribution in [3.8, 4) is 0 Å². The van der Waals surface area contributed by atoms with Gasteiger partial charge < -0.3 is 10.6 Å². The van der Waals surface area contributed by atoms with Crippen LogP contribution in [0.4, 0.5) is 0 Å². The highest BCUT2D eigenvalue weighted by atomic mass is 32.1. The van der Waals surface area contributed by atoms with Gasteiger partial charge >= 0.3 is 0 Å². The summed E-state index contributed by atoms with van der Waals surface area (Å²) in [7, 11) is 1.83. The first kappa shape index (κ1) is 10.1. The Hall–Kier alpha value is -0.940. The van der Waals surface area contributed by atoms with Crippen molar-refractivity contribution in [1.82, 2.24) is 15.6 Å². The first-order valence-corrected chi connectivity index (χ1v) is 5.05.